The molecular formula is C29H28O5. The van der Waals surface area contributed by atoms with Gasteiger partial charge in [-0.1, -0.05) is 42.5 Å². The Hall–Kier alpha value is -4.25. The maximum absolute atomic E-state index is 12.5. The molecule has 0 aliphatic carbocycles. The van der Waals surface area contributed by atoms with E-state index in [1.54, 1.807) is 46.7 Å². The van der Waals surface area contributed by atoms with Crippen molar-refractivity contribution in [1.29, 1.82) is 0 Å². The van der Waals surface area contributed by atoms with Crippen molar-refractivity contribution in [3.05, 3.63) is 95.1 Å². The van der Waals surface area contributed by atoms with Crippen LogP contribution in [-0.4, -0.2) is 34.2 Å². The van der Waals surface area contributed by atoms with Gasteiger partial charge in [0.15, 0.2) is 5.78 Å². The van der Waals surface area contributed by atoms with Crippen molar-refractivity contribution in [2.75, 3.05) is 28.4 Å². The van der Waals surface area contributed by atoms with E-state index >= 15 is 0 Å². The van der Waals surface area contributed by atoms with Crippen LogP contribution in [0.15, 0.2) is 72.8 Å². The number of ketones is 1. The molecule has 3 aromatic carbocycles. The molecule has 0 amide bonds. The van der Waals surface area contributed by atoms with Crippen LogP contribution in [-0.2, 0) is 4.79 Å². The molecule has 0 saturated heterocycles. The molecule has 0 aromatic heterocycles. The van der Waals surface area contributed by atoms with Gasteiger partial charge >= 0.3 is 0 Å². The lowest BCUT2D eigenvalue weighted by Crippen LogP contribution is -1.94. The Morgan fingerprint density at radius 1 is 0.588 bits per heavy atom. The average Bonchev–Trinajstić information content (AvgIpc) is 2.89. The largest absolute Gasteiger partial charge is 0.497 e. The molecule has 5 nitrogen and oxygen atoms in total. The van der Waals surface area contributed by atoms with E-state index in [1.807, 2.05) is 66.7 Å². The van der Waals surface area contributed by atoms with Crippen LogP contribution in [0.25, 0.3) is 24.3 Å². The lowest BCUT2D eigenvalue weighted by molar-refractivity contribution is -0.110. The van der Waals surface area contributed by atoms with Crippen LogP contribution >= 0.6 is 0 Å². The van der Waals surface area contributed by atoms with Crippen LogP contribution < -0.4 is 18.9 Å². The Balaban J connectivity index is 1.85. The van der Waals surface area contributed by atoms with E-state index in [1.165, 1.54) is 12.2 Å². The Morgan fingerprint density at radius 2 is 1.12 bits per heavy atom. The van der Waals surface area contributed by atoms with E-state index in [-0.39, 0.29) is 5.78 Å². The van der Waals surface area contributed by atoms with Gasteiger partial charge in [-0.25, -0.2) is 0 Å². The van der Waals surface area contributed by atoms with Crippen molar-refractivity contribution in [2.45, 2.75) is 0 Å². The summed E-state index contributed by atoms with van der Waals surface area (Å²) in [6, 6.07) is 18.9. The molecule has 0 spiro atoms. The summed E-state index contributed by atoms with van der Waals surface area (Å²) in [7, 11) is 6.45. The van der Waals surface area contributed by atoms with E-state index in [9.17, 15) is 4.79 Å². The molecule has 0 N–H and O–H groups in total. The first-order valence-corrected chi connectivity index (χ1v) is 10.7. The molecule has 0 radical (unpaired) electrons. The summed E-state index contributed by atoms with van der Waals surface area (Å²) in [4.78, 5) is 12.5. The molecular weight excluding hydrogens is 428 g/mol. The van der Waals surface area contributed by atoms with E-state index in [0.717, 1.165) is 33.8 Å². The summed E-state index contributed by atoms with van der Waals surface area (Å²) in [5.41, 5.74) is 3.55. The minimum atomic E-state index is -0.140. The zero-order valence-corrected chi connectivity index (χ0v) is 19.8. The molecule has 3 aromatic rings. The highest BCUT2D eigenvalue weighted by Crippen LogP contribution is 2.31. The molecule has 3 rings (SSSR count). The Morgan fingerprint density at radius 3 is 1.65 bits per heavy atom. The lowest BCUT2D eigenvalue weighted by atomic mass is 10.0. The fourth-order valence-electron chi connectivity index (χ4n) is 3.24. The number of ether oxygens (including phenoxy) is 4. The van der Waals surface area contributed by atoms with Crippen LogP contribution in [0, 0.1) is 0 Å². The summed E-state index contributed by atoms with van der Waals surface area (Å²) in [6.45, 7) is 0. The van der Waals surface area contributed by atoms with Gasteiger partial charge in [-0.3, -0.25) is 4.79 Å². The quantitative estimate of drug-likeness (QED) is 0.269. The van der Waals surface area contributed by atoms with E-state index in [4.69, 9.17) is 18.9 Å². The van der Waals surface area contributed by atoms with Gasteiger partial charge < -0.3 is 18.9 Å². The normalized spacial score (nSPS) is 11.3. The van der Waals surface area contributed by atoms with E-state index in [0.29, 0.717) is 11.5 Å². The van der Waals surface area contributed by atoms with Gasteiger partial charge in [-0.15, -0.1) is 0 Å². The minimum Gasteiger partial charge on any atom is -0.497 e. The van der Waals surface area contributed by atoms with Gasteiger partial charge in [0, 0.05) is 11.6 Å². The van der Waals surface area contributed by atoms with Gasteiger partial charge in [0.05, 0.1) is 28.4 Å². The van der Waals surface area contributed by atoms with Gasteiger partial charge in [0.2, 0.25) is 0 Å². The minimum absolute atomic E-state index is 0.140. The van der Waals surface area contributed by atoms with Crippen molar-refractivity contribution >= 4 is 30.1 Å². The maximum Gasteiger partial charge on any atom is 0.178 e. The molecule has 0 atom stereocenters. The molecule has 0 unspecified atom stereocenters. The van der Waals surface area contributed by atoms with Crippen molar-refractivity contribution in [3.63, 3.8) is 0 Å². The fourth-order valence-corrected chi connectivity index (χ4v) is 3.24. The molecule has 0 fully saturated rings. The first-order valence-electron chi connectivity index (χ1n) is 10.7. The van der Waals surface area contributed by atoms with Crippen molar-refractivity contribution in [1.82, 2.24) is 0 Å². The predicted molar refractivity (Wildman–Crippen MR) is 138 cm³/mol. The molecule has 0 saturated carbocycles. The third-order valence-corrected chi connectivity index (χ3v) is 5.14. The van der Waals surface area contributed by atoms with Gasteiger partial charge in [0.25, 0.3) is 0 Å². The SMILES string of the molecule is COc1ccc(/C=C/C(=O)/C=C/c2c(/C=C/c3ccc(OC)cc3)cc(OC)cc2OC)cc1. The number of rotatable bonds is 10. The molecule has 0 aliphatic heterocycles. The first-order chi connectivity index (χ1) is 16.6. The van der Waals surface area contributed by atoms with Crippen LogP contribution in [0.2, 0.25) is 0 Å². The monoisotopic (exact) mass is 456 g/mol. The standard InChI is InChI=1S/C29H28O5/c1-31-25-14-7-21(8-15-25)5-11-23-19-27(33-3)20-29(34-4)28(23)18-13-24(30)12-6-22-9-16-26(32-2)17-10-22/h5-20H,1-4H3/b11-5+,12-6+,18-13+. The first kappa shape index (κ1) is 24.4. The topological polar surface area (TPSA) is 54.0 Å². The highest BCUT2D eigenvalue weighted by atomic mass is 16.5. The van der Waals surface area contributed by atoms with Crippen LogP contribution in [0.1, 0.15) is 22.3 Å². The van der Waals surface area contributed by atoms with Crippen LogP contribution in [0.5, 0.6) is 23.0 Å². The Kier molecular flexibility index (Phi) is 8.69. The summed E-state index contributed by atoms with van der Waals surface area (Å²) >= 11 is 0. The number of hydrogen-bond acceptors (Lipinski definition) is 5. The molecule has 0 bridgehead atoms. The zero-order chi connectivity index (χ0) is 24.3. The Bertz CT molecular complexity index is 1190. The zero-order valence-electron chi connectivity index (χ0n) is 19.8. The number of allylic oxidation sites excluding steroid dienone is 2. The van der Waals surface area contributed by atoms with E-state index < -0.39 is 0 Å². The molecule has 5 heteroatoms. The molecule has 34 heavy (non-hydrogen) atoms. The van der Waals surface area contributed by atoms with Gasteiger partial charge in [-0.2, -0.15) is 0 Å². The average molecular weight is 457 g/mol. The van der Waals surface area contributed by atoms with Crippen molar-refractivity contribution in [2.24, 2.45) is 0 Å². The second kappa shape index (κ2) is 12.1. The molecule has 0 heterocycles. The highest BCUT2D eigenvalue weighted by Gasteiger charge is 2.09. The summed E-state index contributed by atoms with van der Waals surface area (Å²) in [5.74, 6) is 2.69. The second-order valence-corrected chi connectivity index (χ2v) is 7.28. The third kappa shape index (κ3) is 6.62. The second-order valence-electron chi connectivity index (χ2n) is 7.28. The fraction of sp³-hybridized carbons (Fsp3) is 0.138. The summed E-state index contributed by atoms with van der Waals surface area (Å²) in [6.07, 6.45) is 10.5. The Labute approximate surface area is 200 Å². The third-order valence-electron chi connectivity index (χ3n) is 5.14. The molecule has 0 aliphatic rings. The highest BCUT2D eigenvalue weighted by molar-refractivity contribution is 6.05. The van der Waals surface area contributed by atoms with Crippen LogP contribution in [0.3, 0.4) is 0 Å². The number of methoxy groups -OCH3 is 4. The molecule has 174 valence electrons. The van der Waals surface area contributed by atoms with Crippen LogP contribution in [0.4, 0.5) is 0 Å². The predicted octanol–water partition coefficient (Wildman–Crippen LogP) is 6.19. The number of hydrogen-bond donors (Lipinski definition) is 0. The maximum atomic E-state index is 12.5. The van der Waals surface area contributed by atoms with Gasteiger partial charge in [0.1, 0.15) is 23.0 Å². The van der Waals surface area contributed by atoms with Gasteiger partial charge in [-0.05, 0) is 65.3 Å². The summed E-state index contributed by atoms with van der Waals surface area (Å²) in [5, 5.41) is 0. The van der Waals surface area contributed by atoms with Crippen molar-refractivity contribution < 1.29 is 23.7 Å². The summed E-state index contributed by atoms with van der Waals surface area (Å²) < 4.78 is 21.4. The number of carbonyl (C=O) groups excluding carboxylic acids is 1. The number of benzene rings is 3. The lowest BCUT2D eigenvalue weighted by Gasteiger charge is -2.11. The van der Waals surface area contributed by atoms with E-state index in [2.05, 4.69) is 0 Å². The smallest absolute Gasteiger partial charge is 0.178 e. The van der Waals surface area contributed by atoms with Crippen molar-refractivity contribution in [3.8, 4) is 23.0 Å². The number of carbonyl (C=O) groups is 1.